The second kappa shape index (κ2) is 2.94. The first-order valence-corrected chi connectivity index (χ1v) is 4.65. The lowest BCUT2D eigenvalue weighted by molar-refractivity contribution is 0.445. The minimum absolute atomic E-state index is 0.213. The number of hydrogen-bond donors (Lipinski definition) is 1. The van der Waals surface area contributed by atoms with Gasteiger partial charge in [-0.2, -0.15) is 5.26 Å². The van der Waals surface area contributed by atoms with E-state index in [1.165, 1.54) is 0 Å². The molecule has 0 aliphatic carbocycles. The van der Waals surface area contributed by atoms with E-state index in [9.17, 15) is 0 Å². The van der Waals surface area contributed by atoms with Gasteiger partial charge >= 0.3 is 0 Å². The molecule has 2 N–H and O–H groups in total. The standard InChI is InChI=1S/C11H6N4O/c12-5-8-10-9(11(13)16-15-10)6-3-1-2-4-7(6)14-8/h1-4H,13H2. The monoisotopic (exact) mass is 210 g/mol. The fourth-order valence-electron chi connectivity index (χ4n) is 1.76. The quantitative estimate of drug-likeness (QED) is 0.611. The summed E-state index contributed by atoms with van der Waals surface area (Å²) >= 11 is 0. The van der Waals surface area contributed by atoms with Crippen LogP contribution in [0.15, 0.2) is 28.8 Å². The molecule has 1 aromatic carbocycles. The zero-order chi connectivity index (χ0) is 11.1. The number of pyridine rings is 1. The summed E-state index contributed by atoms with van der Waals surface area (Å²) in [5.41, 5.74) is 7.06. The van der Waals surface area contributed by atoms with Crippen LogP contribution in [0.3, 0.4) is 0 Å². The van der Waals surface area contributed by atoms with Gasteiger partial charge in [0.25, 0.3) is 0 Å². The normalized spacial score (nSPS) is 10.7. The van der Waals surface area contributed by atoms with Gasteiger partial charge in [-0.05, 0) is 6.07 Å². The summed E-state index contributed by atoms with van der Waals surface area (Å²) in [5.74, 6) is 0.213. The maximum absolute atomic E-state index is 8.97. The van der Waals surface area contributed by atoms with Crippen molar-refractivity contribution in [2.75, 3.05) is 5.73 Å². The average molecular weight is 210 g/mol. The number of anilines is 1. The van der Waals surface area contributed by atoms with E-state index < -0.39 is 0 Å². The predicted octanol–water partition coefficient (Wildman–Crippen LogP) is 1.83. The van der Waals surface area contributed by atoms with Gasteiger partial charge in [0.15, 0.2) is 11.2 Å². The van der Waals surface area contributed by atoms with Gasteiger partial charge < -0.3 is 10.3 Å². The van der Waals surface area contributed by atoms with E-state index in [1.807, 2.05) is 30.3 Å². The van der Waals surface area contributed by atoms with Crippen LogP contribution in [-0.4, -0.2) is 10.1 Å². The van der Waals surface area contributed by atoms with Crippen molar-refractivity contribution in [3.63, 3.8) is 0 Å². The molecule has 0 aliphatic heterocycles. The van der Waals surface area contributed by atoms with Gasteiger partial charge in [0.05, 0.1) is 10.9 Å². The molecule has 2 aromatic heterocycles. The average Bonchev–Trinajstić information content (AvgIpc) is 2.71. The second-order valence-corrected chi connectivity index (χ2v) is 3.36. The summed E-state index contributed by atoms with van der Waals surface area (Å²) in [5, 5.41) is 14.2. The summed E-state index contributed by atoms with van der Waals surface area (Å²) in [7, 11) is 0. The molecule has 0 spiro atoms. The highest BCUT2D eigenvalue weighted by molar-refractivity contribution is 6.10. The predicted molar refractivity (Wildman–Crippen MR) is 58.4 cm³/mol. The molecule has 3 rings (SSSR count). The molecule has 0 saturated heterocycles. The van der Waals surface area contributed by atoms with Crippen molar-refractivity contribution in [3.05, 3.63) is 30.0 Å². The Morgan fingerprint density at radius 1 is 1.31 bits per heavy atom. The van der Waals surface area contributed by atoms with E-state index in [0.717, 1.165) is 5.39 Å². The van der Waals surface area contributed by atoms with Crippen LogP contribution in [0, 0.1) is 11.3 Å². The van der Waals surface area contributed by atoms with Crippen LogP contribution >= 0.6 is 0 Å². The Morgan fingerprint density at radius 2 is 2.12 bits per heavy atom. The Bertz CT molecular complexity index is 739. The Labute approximate surface area is 90.1 Å². The molecule has 2 heterocycles. The van der Waals surface area contributed by atoms with E-state index in [2.05, 4.69) is 10.1 Å². The van der Waals surface area contributed by atoms with Gasteiger partial charge in [0.2, 0.25) is 5.88 Å². The van der Waals surface area contributed by atoms with Crippen LogP contribution in [0.25, 0.3) is 21.8 Å². The molecule has 16 heavy (non-hydrogen) atoms. The van der Waals surface area contributed by atoms with Crippen LogP contribution in [0.5, 0.6) is 0 Å². The first kappa shape index (κ1) is 8.68. The third-order valence-corrected chi connectivity index (χ3v) is 2.45. The van der Waals surface area contributed by atoms with E-state index in [4.69, 9.17) is 15.5 Å². The molecule has 0 atom stereocenters. The van der Waals surface area contributed by atoms with Crippen molar-refractivity contribution < 1.29 is 4.52 Å². The summed E-state index contributed by atoms with van der Waals surface area (Å²) in [4.78, 5) is 4.20. The van der Waals surface area contributed by atoms with E-state index in [1.54, 1.807) is 0 Å². The lowest BCUT2D eigenvalue weighted by Gasteiger charge is -1.98. The molecule has 3 aromatic rings. The summed E-state index contributed by atoms with van der Waals surface area (Å²) < 4.78 is 4.90. The van der Waals surface area contributed by atoms with Gasteiger partial charge in [0.1, 0.15) is 6.07 Å². The molecule has 5 nitrogen and oxygen atoms in total. The molecular weight excluding hydrogens is 204 g/mol. The van der Waals surface area contributed by atoms with Gasteiger partial charge in [0, 0.05) is 5.39 Å². The highest BCUT2D eigenvalue weighted by Gasteiger charge is 2.14. The number of aromatic nitrogens is 2. The van der Waals surface area contributed by atoms with E-state index in [-0.39, 0.29) is 11.6 Å². The smallest absolute Gasteiger partial charge is 0.230 e. The molecular formula is C11H6N4O. The topological polar surface area (TPSA) is 88.7 Å². The molecule has 76 valence electrons. The van der Waals surface area contributed by atoms with E-state index >= 15 is 0 Å². The number of fused-ring (bicyclic) bond motifs is 3. The first-order valence-electron chi connectivity index (χ1n) is 4.65. The van der Waals surface area contributed by atoms with Crippen molar-refractivity contribution in [1.82, 2.24) is 10.1 Å². The number of nitriles is 1. The minimum atomic E-state index is 0.213. The molecule has 0 aliphatic rings. The van der Waals surface area contributed by atoms with E-state index in [0.29, 0.717) is 16.4 Å². The van der Waals surface area contributed by atoms with Gasteiger partial charge in [-0.25, -0.2) is 4.98 Å². The van der Waals surface area contributed by atoms with Gasteiger partial charge in [-0.15, -0.1) is 0 Å². The fourth-order valence-corrected chi connectivity index (χ4v) is 1.76. The Kier molecular flexibility index (Phi) is 1.59. The van der Waals surface area contributed by atoms with Crippen LogP contribution in [0.4, 0.5) is 5.88 Å². The third-order valence-electron chi connectivity index (χ3n) is 2.45. The van der Waals surface area contributed by atoms with Crippen LogP contribution in [0.2, 0.25) is 0 Å². The Hall–Kier alpha value is -2.61. The summed E-state index contributed by atoms with van der Waals surface area (Å²) in [6.45, 7) is 0. The largest absolute Gasteiger partial charge is 0.367 e. The van der Waals surface area contributed by atoms with Gasteiger partial charge in [-0.1, -0.05) is 23.4 Å². The molecule has 0 amide bonds. The number of nitrogens with zero attached hydrogens (tertiary/aromatic N) is 3. The zero-order valence-electron chi connectivity index (χ0n) is 8.14. The molecule has 0 saturated carbocycles. The van der Waals surface area contributed by atoms with Gasteiger partial charge in [-0.3, -0.25) is 0 Å². The van der Waals surface area contributed by atoms with Crippen LogP contribution < -0.4 is 5.73 Å². The third kappa shape index (κ3) is 0.982. The molecule has 5 heteroatoms. The fraction of sp³-hybridized carbons (Fsp3) is 0. The van der Waals surface area contributed by atoms with Crippen LogP contribution in [0.1, 0.15) is 5.69 Å². The van der Waals surface area contributed by atoms with Crippen molar-refractivity contribution in [2.45, 2.75) is 0 Å². The summed E-state index contributed by atoms with van der Waals surface area (Å²) in [6, 6.07) is 9.41. The van der Waals surface area contributed by atoms with Crippen molar-refractivity contribution in [1.29, 1.82) is 5.26 Å². The second-order valence-electron chi connectivity index (χ2n) is 3.36. The van der Waals surface area contributed by atoms with Crippen molar-refractivity contribution >= 4 is 27.7 Å². The number of nitrogen functional groups attached to an aromatic ring is 1. The Morgan fingerprint density at radius 3 is 2.94 bits per heavy atom. The molecule has 0 radical (unpaired) electrons. The number of rotatable bonds is 0. The minimum Gasteiger partial charge on any atom is -0.367 e. The number of nitrogens with two attached hydrogens (primary N) is 1. The van der Waals surface area contributed by atoms with Crippen molar-refractivity contribution in [2.24, 2.45) is 0 Å². The lowest BCUT2D eigenvalue weighted by atomic mass is 10.1. The molecule has 0 bridgehead atoms. The molecule has 0 unspecified atom stereocenters. The summed E-state index contributed by atoms with van der Waals surface area (Å²) in [6.07, 6.45) is 0. The maximum Gasteiger partial charge on any atom is 0.230 e. The Balaban J connectivity index is 2.67. The molecule has 0 fully saturated rings. The number of benzene rings is 1. The maximum atomic E-state index is 8.97. The first-order chi connectivity index (χ1) is 7.81. The number of hydrogen-bond acceptors (Lipinski definition) is 5. The van der Waals surface area contributed by atoms with Crippen LogP contribution in [-0.2, 0) is 0 Å². The zero-order valence-corrected chi connectivity index (χ0v) is 8.14. The SMILES string of the molecule is N#Cc1nc2ccccc2c2c(N)onc12. The highest BCUT2D eigenvalue weighted by Crippen LogP contribution is 2.29. The highest BCUT2D eigenvalue weighted by atomic mass is 16.5. The van der Waals surface area contributed by atoms with Crippen molar-refractivity contribution in [3.8, 4) is 6.07 Å². The number of para-hydroxylation sites is 1. The lowest BCUT2D eigenvalue weighted by Crippen LogP contribution is -1.89.